The van der Waals surface area contributed by atoms with Gasteiger partial charge in [-0.1, -0.05) is 17.8 Å². The Labute approximate surface area is 149 Å². The summed E-state index contributed by atoms with van der Waals surface area (Å²) in [6.07, 6.45) is 1.72. The number of hydrogen-bond donors (Lipinski definition) is 3. The van der Waals surface area contributed by atoms with Gasteiger partial charge in [0, 0.05) is 12.1 Å². The summed E-state index contributed by atoms with van der Waals surface area (Å²) in [5.41, 5.74) is 0.347. The van der Waals surface area contributed by atoms with Crippen molar-refractivity contribution in [2.75, 3.05) is 17.7 Å². The van der Waals surface area contributed by atoms with Gasteiger partial charge in [-0.05, 0) is 31.2 Å². The Bertz CT molecular complexity index is 803. The fourth-order valence-electron chi connectivity index (χ4n) is 1.99. The van der Waals surface area contributed by atoms with Crippen LogP contribution in [0.3, 0.4) is 0 Å². The summed E-state index contributed by atoms with van der Waals surface area (Å²) in [6.45, 7) is 5.99. The number of allylic oxidation sites excluding steroid dienone is 1. The van der Waals surface area contributed by atoms with Crippen LogP contribution in [0, 0.1) is 0 Å². The van der Waals surface area contributed by atoms with Gasteiger partial charge in [0.2, 0.25) is 11.8 Å². The highest BCUT2D eigenvalue weighted by atomic mass is 32.2. The van der Waals surface area contributed by atoms with Crippen LogP contribution in [0.1, 0.15) is 12.5 Å². The van der Waals surface area contributed by atoms with Crippen LogP contribution in [0.4, 0.5) is 5.69 Å². The summed E-state index contributed by atoms with van der Waals surface area (Å²) in [7, 11) is 0. The zero-order chi connectivity index (χ0) is 18.2. The van der Waals surface area contributed by atoms with Crippen molar-refractivity contribution in [3.05, 3.63) is 52.8 Å². The zero-order valence-electron chi connectivity index (χ0n) is 13.7. The monoisotopic (exact) mass is 361 g/mol. The van der Waals surface area contributed by atoms with Crippen molar-refractivity contribution in [1.29, 1.82) is 0 Å². The first-order valence-electron chi connectivity index (χ1n) is 7.62. The fraction of sp³-hybridized carbons (Fsp3) is 0.235. The molecule has 25 heavy (non-hydrogen) atoms. The molecule has 0 aliphatic heterocycles. The number of aromatic hydroxyl groups is 1. The maximum atomic E-state index is 12.0. The number of aromatic nitrogens is 2. The second-order valence-electron chi connectivity index (χ2n) is 4.96. The van der Waals surface area contributed by atoms with Gasteiger partial charge in [-0.15, -0.1) is 6.58 Å². The van der Waals surface area contributed by atoms with Gasteiger partial charge in [-0.3, -0.25) is 9.59 Å². The first-order valence-corrected chi connectivity index (χ1v) is 8.60. The van der Waals surface area contributed by atoms with Crippen LogP contribution in [0.2, 0.25) is 0 Å². The molecule has 0 aliphatic rings. The molecule has 0 atom stereocenters. The number of hydrogen-bond acceptors (Lipinski definition) is 6. The number of rotatable bonds is 8. The van der Waals surface area contributed by atoms with Crippen molar-refractivity contribution in [2.24, 2.45) is 0 Å². The average Bonchev–Trinajstić information content (AvgIpc) is 2.58. The molecule has 1 aromatic heterocycles. The third-order valence-electron chi connectivity index (χ3n) is 3.11. The molecule has 0 fully saturated rings. The van der Waals surface area contributed by atoms with Gasteiger partial charge in [0.25, 0.3) is 5.56 Å². The van der Waals surface area contributed by atoms with Crippen LogP contribution >= 0.6 is 11.8 Å². The van der Waals surface area contributed by atoms with Crippen molar-refractivity contribution in [2.45, 2.75) is 18.5 Å². The Morgan fingerprint density at radius 2 is 2.16 bits per heavy atom. The van der Waals surface area contributed by atoms with Gasteiger partial charge >= 0.3 is 0 Å². The van der Waals surface area contributed by atoms with Gasteiger partial charge in [0.15, 0.2) is 5.16 Å². The molecule has 3 N–H and O–H groups in total. The average molecular weight is 361 g/mol. The molecule has 0 bridgehead atoms. The van der Waals surface area contributed by atoms with Crippen molar-refractivity contribution in [3.8, 4) is 11.6 Å². The van der Waals surface area contributed by atoms with Crippen molar-refractivity contribution in [3.63, 3.8) is 0 Å². The van der Waals surface area contributed by atoms with Crippen LogP contribution in [0.25, 0.3) is 0 Å². The van der Waals surface area contributed by atoms with Gasteiger partial charge in [0.05, 0.1) is 17.9 Å². The number of nitrogens with zero attached hydrogens (tertiary/aromatic N) is 1. The minimum Gasteiger partial charge on any atom is -0.494 e. The number of ether oxygens (including phenoxy) is 1. The van der Waals surface area contributed by atoms with Crippen LogP contribution in [0.5, 0.6) is 11.6 Å². The van der Waals surface area contributed by atoms with E-state index in [-0.39, 0.29) is 34.7 Å². The third-order valence-corrected chi connectivity index (χ3v) is 3.98. The van der Waals surface area contributed by atoms with E-state index in [1.54, 1.807) is 24.3 Å². The number of nitrogens with one attached hydrogen (secondary N) is 2. The van der Waals surface area contributed by atoms with E-state index in [4.69, 9.17) is 4.74 Å². The highest BCUT2D eigenvalue weighted by Gasteiger charge is 2.11. The van der Waals surface area contributed by atoms with E-state index >= 15 is 0 Å². The van der Waals surface area contributed by atoms with E-state index in [0.29, 0.717) is 12.3 Å². The number of carbonyl (C=O) groups is 1. The molecule has 2 rings (SSSR count). The minimum absolute atomic E-state index is 0.0381. The first-order chi connectivity index (χ1) is 12.0. The molecule has 1 aromatic carbocycles. The first kappa shape index (κ1) is 18.6. The minimum atomic E-state index is -0.443. The summed E-state index contributed by atoms with van der Waals surface area (Å²) in [5.74, 6) is 0.160. The van der Waals surface area contributed by atoms with Crippen LogP contribution in [0.15, 0.2) is 46.9 Å². The maximum absolute atomic E-state index is 12.0. The number of thioether (sulfide) groups is 1. The van der Waals surface area contributed by atoms with Crippen molar-refractivity contribution < 1.29 is 14.6 Å². The topological polar surface area (TPSA) is 104 Å². The molecule has 0 unspecified atom stereocenters. The predicted octanol–water partition coefficient (Wildman–Crippen LogP) is 2.33. The number of aromatic amines is 1. The van der Waals surface area contributed by atoms with Crippen LogP contribution < -0.4 is 15.6 Å². The van der Waals surface area contributed by atoms with E-state index in [2.05, 4.69) is 21.9 Å². The summed E-state index contributed by atoms with van der Waals surface area (Å²) in [6, 6.07) is 7.01. The van der Waals surface area contributed by atoms with E-state index in [1.165, 1.54) is 6.08 Å². The lowest BCUT2D eigenvalue weighted by Crippen LogP contribution is -2.17. The summed E-state index contributed by atoms with van der Waals surface area (Å²) < 4.78 is 5.33. The summed E-state index contributed by atoms with van der Waals surface area (Å²) >= 11 is 1.02. The maximum Gasteiger partial charge on any atom is 0.258 e. The van der Waals surface area contributed by atoms with Crippen LogP contribution in [-0.4, -0.2) is 33.3 Å². The number of anilines is 1. The molecule has 8 heteroatoms. The predicted molar refractivity (Wildman–Crippen MR) is 97.4 cm³/mol. The zero-order valence-corrected chi connectivity index (χ0v) is 14.6. The molecule has 0 aliphatic carbocycles. The van der Waals surface area contributed by atoms with Crippen molar-refractivity contribution in [1.82, 2.24) is 9.97 Å². The molecule has 7 nitrogen and oxygen atoms in total. The summed E-state index contributed by atoms with van der Waals surface area (Å²) in [5, 5.41) is 12.7. The van der Waals surface area contributed by atoms with Gasteiger partial charge in [-0.25, -0.2) is 0 Å². The molecule has 0 saturated carbocycles. The lowest BCUT2D eigenvalue weighted by molar-refractivity contribution is -0.113. The Hall–Kier alpha value is -2.74. The SMILES string of the molecule is C=CCc1c(O)nc(SCC(=O)Nc2ccc(OCC)cc2)[nH]c1=O. The second-order valence-corrected chi connectivity index (χ2v) is 5.92. The molecule has 0 radical (unpaired) electrons. The Balaban J connectivity index is 1.93. The van der Waals surface area contributed by atoms with E-state index in [9.17, 15) is 14.7 Å². The smallest absolute Gasteiger partial charge is 0.258 e. The molecular weight excluding hydrogens is 342 g/mol. The fourth-order valence-corrected chi connectivity index (χ4v) is 2.65. The van der Waals surface area contributed by atoms with Gasteiger partial charge < -0.3 is 20.1 Å². The Kier molecular flexibility index (Phi) is 6.64. The van der Waals surface area contributed by atoms with E-state index in [0.717, 1.165) is 17.5 Å². The Morgan fingerprint density at radius 3 is 2.76 bits per heavy atom. The highest BCUT2D eigenvalue weighted by molar-refractivity contribution is 7.99. The standard InChI is InChI=1S/C17H19N3O4S/c1-3-5-13-15(22)19-17(20-16(13)23)25-10-14(21)18-11-6-8-12(9-7-11)24-4-2/h3,6-9H,1,4-5,10H2,2H3,(H,18,21)(H2,19,20,22,23). The highest BCUT2D eigenvalue weighted by Crippen LogP contribution is 2.19. The number of H-pyrrole nitrogens is 1. The quantitative estimate of drug-likeness (QED) is 0.379. The van der Waals surface area contributed by atoms with E-state index < -0.39 is 5.56 Å². The molecule has 1 heterocycles. The van der Waals surface area contributed by atoms with Crippen molar-refractivity contribution >= 4 is 23.4 Å². The third kappa shape index (κ3) is 5.39. The molecule has 0 spiro atoms. The molecular formula is C17H19N3O4S. The molecule has 132 valence electrons. The number of amides is 1. The molecule has 0 saturated heterocycles. The lowest BCUT2D eigenvalue weighted by atomic mass is 10.2. The number of carbonyl (C=O) groups excluding carboxylic acids is 1. The second kappa shape index (κ2) is 8.93. The van der Waals surface area contributed by atoms with E-state index in [1.807, 2.05) is 6.92 Å². The molecule has 1 amide bonds. The summed E-state index contributed by atoms with van der Waals surface area (Å²) in [4.78, 5) is 30.2. The largest absolute Gasteiger partial charge is 0.494 e. The normalized spacial score (nSPS) is 10.3. The lowest BCUT2D eigenvalue weighted by Gasteiger charge is -2.07. The van der Waals surface area contributed by atoms with Gasteiger partial charge in [-0.2, -0.15) is 4.98 Å². The Morgan fingerprint density at radius 1 is 1.44 bits per heavy atom. The number of benzene rings is 1. The molecule has 2 aromatic rings. The van der Waals surface area contributed by atoms with Gasteiger partial charge in [0.1, 0.15) is 5.75 Å². The van der Waals surface area contributed by atoms with Crippen LogP contribution in [-0.2, 0) is 11.2 Å².